The molecule has 0 aliphatic carbocycles. The van der Waals surface area contributed by atoms with Gasteiger partial charge in [-0.3, -0.25) is 9.10 Å². The summed E-state index contributed by atoms with van der Waals surface area (Å²) in [5.41, 5.74) is 0.990. The third kappa shape index (κ3) is 8.02. The van der Waals surface area contributed by atoms with Crippen molar-refractivity contribution < 1.29 is 22.0 Å². The van der Waals surface area contributed by atoms with Gasteiger partial charge in [0, 0.05) is 31.0 Å². The molecule has 2 rings (SSSR count). The number of thioether (sulfide) groups is 1. The van der Waals surface area contributed by atoms with Gasteiger partial charge in [-0.25, -0.2) is 17.2 Å². The van der Waals surface area contributed by atoms with E-state index in [1.807, 2.05) is 0 Å². The second kappa shape index (κ2) is 11.2. The monoisotopic (exact) mass is 442 g/mol. The molecule has 0 unspecified atom stereocenters. The zero-order chi connectivity index (χ0) is 21.3. The van der Waals surface area contributed by atoms with Gasteiger partial charge in [-0.15, -0.1) is 0 Å². The highest BCUT2D eigenvalue weighted by Crippen LogP contribution is 2.19. The first-order chi connectivity index (χ1) is 13.8. The molecule has 0 saturated heterocycles. The van der Waals surface area contributed by atoms with Crippen LogP contribution in [0.4, 0.5) is 14.5 Å². The van der Waals surface area contributed by atoms with E-state index >= 15 is 0 Å². The summed E-state index contributed by atoms with van der Waals surface area (Å²) in [4.78, 5) is 11.9. The van der Waals surface area contributed by atoms with Gasteiger partial charge in [0.2, 0.25) is 15.9 Å². The Labute approximate surface area is 174 Å². The molecule has 0 spiro atoms. The third-order valence-corrected chi connectivity index (χ3v) is 6.27. The van der Waals surface area contributed by atoms with Crippen LogP contribution in [0.5, 0.6) is 0 Å². The summed E-state index contributed by atoms with van der Waals surface area (Å²) < 4.78 is 51.7. The fourth-order valence-corrected chi connectivity index (χ4v) is 4.44. The van der Waals surface area contributed by atoms with Gasteiger partial charge in [0.25, 0.3) is 0 Å². The molecule has 1 N–H and O–H groups in total. The van der Waals surface area contributed by atoms with Crippen molar-refractivity contribution in [2.75, 3.05) is 29.4 Å². The Bertz CT molecular complexity index is 906. The number of hydrogen-bond donors (Lipinski definition) is 1. The number of carbonyl (C=O) groups is 1. The summed E-state index contributed by atoms with van der Waals surface area (Å²) in [6.07, 6.45) is 1.58. The average molecular weight is 443 g/mol. The number of amides is 1. The first kappa shape index (κ1) is 23.2. The van der Waals surface area contributed by atoms with Crippen molar-refractivity contribution in [1.29, 1.82) is 0 Å². The number of sulfonamides is 1. The van der Waals surface area contributed by atoms with E-state index in [2.05, 4.69) is 5.32 Å². The van der Waals surface area contributed by atoms with Crippen molar-refractivity contribution in [2.24, 2.45) is 0 Å². The van der Waals surface area contributed by atoms with Crippen LogP contribution in [0.1, 0.15) is 18.4 Å². The Morgan fingerprint density at radius 1 is 1.10 bits per heavy atom. The minimum absolute atomic E-state index is 0.125. The van der Waals surface area contributed by atoms with E-state index in [0.717, 1.165) is 10.6 Å². The SMILES string of the molecule is CS(=O)(=O)N(CCCC(=O)NCCSCc1ccccc1F)c1ccc(F)cc1. The minimum Gasteiger partial charge on any atom is -0.355 e. The highest BCUT2D eigenvalue weighted by Gasteiger charge is 2.17. The molecule has 0 aromatic heterocycles. The lowest BCUT2D eigenvalue weighted by atomic mass is 10.2. The molecule has 0 atom stereocenters. The molecular weight excluding hydrogens is 418 g/mol. The quantitative estimate of drug-likeness (QED) is 0.541. The maximum absolute atomic E-state index is 13.5. The number of nitrogens with zero attached hydrogens (tertiary/aromatic N) is 1. The Morgan fingerprint density at radius 2 is 1.79 bits per heavy atom. The number of rotatable bonds is 11. The fourth-order valence-electron chi connectivity index (χ4n) is 2.63. The topological polar surface area (TPSA) is 66.5 Å². The molecule has 158 valence electrons. The molecule has 0 heterocycles. The van der Waals surface area contributed by atoms with Crippen molar-refractivity contribution in [2.45, 2.75) is 18.6 Å². The lowest BCUT2D eigenvalue weighted by molar-refractivity contribution is -0.121. The van der Waals surface area contributed by atoms with Crippen molar-refractivity contribution in [3.8, 4) is 0 Å². The smallest absolute Gasteiger partial charge is 0.232 e. The van der Waals surface area contributed by atoms with Crippen LogP contribution in [0.2, 0.25) is 0 Å². The van der Waals surface area contributed by atoms with Gasteiger partial charge in [-0.2, -0.15) is 11.8 Å². The van der Waals surface area contributed by atoms with Gasteiger partial charge in [-0.05, 0) is 42.3 Å². The molecule has 0 fully saturated rings. The summed E-state index contributed by atoms with van der Waals surface area (Å²) >= 11 is 1.52. The molecule has 2 aromatic rings. The van der Waals surface area contributed by atoms with Gasteiger partial charge in [0.1, 0.15) is 11.6 Å². The molecule has 0 radical (unpaired) electrons. The van der Waals surface area contributed by atoms with Crippen molar-refractivity contribution in [1.82, 2.24) is 5.32 Å². The Balaban J connectivity index is 1.69. The number of carbonyl (C=O) groups excluding carboxylic acids is 1. The highest BCUT2D eigenvalue weighted by molar-refractivity contribution is 7.98. The summed E-state index contributed by atoms with van der Waals surface area (Å²) in [6.45, 7) is 0.575. The van der Waals surface area contributed by atoms with Crippen LogP contribution in [0.15, 0.2) is 48.5 Å². The second-order valence-corrected chi connectivity index (χ2v) is 9.42. The molecule has 0 aliphatic rings. The summed E-state index contributed by atoms with van der Waals surface area (Å²) in [7, 11) is -3.54. The normalized spacial score (nSPS) is 11.3. The van der Waals surface area contributed by atoms with Gasteiger partial charge in [0.05, 0.1) is 11.9 Å². The largest absolute Gasteiger partial charge is 0.355 e. The molecule has 9 heteroatoms. The lowest BCUT2D eigenvalue weighted by Gasteiger charge is -2.22. The standard InChI is InChI=1S/C20H24F2N2O3S2/c1-29(26,27)24(18-10-8-17(21)9-11-18)13-4-7-20(25)23-12-14-28-15-16-5-2-3-6-19(16)22/h2-3,5-6,8-11H,4,7,12-15H2,1H3,(H,23,25). The molecular formula is C20H24F2N2O3S2. The van der Waals surface area contributed by atoms with Crippen LogP contribution in [0.3, 0.4) is 0 Å². The van der Waals surface area contributed by atoms with Gasteiger partial charge < -0.3 is 5.32 Å². The lowest BCUT2D eigenvalue weighted by Crippen LogP contribution is -2.32. The van der Waals surface area contributed by atoms with Gasteiger partial charge in [0.15, 0.2) is 0 Å². The van der Waals surface area contributed by atoms with E-state index in [-0.39, 0.29) is 24.7 Å². The zero-order valence-electron chi connectivity index (χ0n) is 16.1. The predicted octanol–water partition coefficient (Wildman–Crippen LogP) is 3.56. The minimum atomic E-state index is -3.54. The van der Waals surface area contributed by atoms with E-state index in [4.69, 9.17) is 0 Å². The molecule has 29 heavy (non-hydrogen) atoms. The summed E-state index contributed by atoms with van der Waals surface area (Å²) in [6, 6.07) is 11.8. The van der Waals surface area contributed by atoms with Crippen molar-refractivity contribution >= 4 is 33.4 Å². The molecule has 0 bridgehead atoms. The number of anilines is 1. The van der Waals surface area contributed by atoms with E-state index in [9.17, 15) is 22.0 Å². The molecule has 0 saturated carbocycles. The van der Waals surface area contributed by atoms with Gasteiger partial charge in [-0.1, -0.05) is 18.2 Å². The Kier molecular flexibility index (Phi) is 8.91. The highest BCUT2D eigenvalue weighted by atomic mass is 32.2. The second-order valence-electron chi connectivity index (χ2n) is 6.41. The molecule has 1 amide bonds. The number of hydrogen-bond acceptors (Lipinski definition) is 4. The summed E-state index contributed by atoms with van der Waals surface area (Å²) in [5, 5.41) is 2.77. The van der Waals surface area contributed by atoms with Crippen LogP contribution in [-0.4, -0.2) is 39.4 Å². The maximum Gasteiger partial charge on any atom is 0.232 e. The number of benzene rings is 2. The Hall–Kier alpha value is -2.13. The maximum atomic E-state index is 13.5. The van der Waals surface area contributed by atoms with Crippen LogP contribution >= 0.6 is 11.8 Å². The fraction of sp³-hybridized carbons (Fsp3) is 0.350. The first-order valence-corrected chi connectivity index (χ1v) is 12.1. The zero-order valence-corrected chi connectivity index (χ0v) is 17.7. The predicted molar refractivity (Wildman–Crippen MR) is 113 cm³/mol. The van der Waals surface area contributed by atoms with Gasteiger partial charge >= 0.3 is 0 Å². The van der Waals surface area contributed by atoms with E-state index in [0.29, 0.717) is 35.7 Å². The Morgan fingerprint density at radius 3 is 2.45 bits per heavy atom. The van der Waals surface area contributed by atoms with Crippen LogP contribution in [0, 0.1) is 11.6 Å². The van der Waals surface area contributed by atoms with Crippen LogP contribution in [-0.2, 0) is 20.6 Å². The summed E-state index contributed by atoms with van der Waals surface area (Å²) in [5.74, 6) is 0.313. The first-order valence-electron chi connectivity index (χ1n) is 9.08. The van der Waals surface area contributed by atoms with Crippen molar-refractivity contribution in [3.63, 3.8) is 0 Å². The van der Waals surface area contributed by atoms with Crippen LogP contribution < -0.4 is 9.62 Å². The number of halogens is 2. The van der Waals surface area contributed by atoms with E-state index in [1.54, 1.807) is 18.2 Å². The third-order valence-electron chi connectivity index (χ3n) is 4.06. The molecule has 0 aliphatic heterocycles. The average Bonchev–Trinajstić information content (AvgIpc) is 2.66. The van der Waals surface area contributed by atoms with E-state index < -0.39 is 15.8 Å². The molecule has 2 aromatic carbocycles. The van der Waals surface area contributed by atoms with Crippen LogP contribution in [0.25, 0.3) is 0 Å². The molecule has 5 nitrogen and oxygen atoms in total. The van der Waals surface area contributed by atoms with E-state index in [1.165, 1.54) is 42.1 Å². The number of nitrogens with one attached hydrogen (secondary N) is 1. The van der Waals surface area contributed by atoms with Crippen molar-refractivity contribution in [3.05, 3.63) is 65.7 Å².